The van der Waals surface area contributed by atoms with Crippen molar-refractivity contribution < 1.29 is 14.4 Å². The number of carbonyl (C=O) groups is 3. The predicted molar refractivity (Wildman–Crippen MR) is 131 cm³/mol. The van der Waals surface area contributed by atoms with Gasteiger partial charge in [-0.05, 0) is 65.1 Å². The fraction of sp³-hybridized carbons (Fsp3) is 0.222. The van der Waals surface area contributed by atoms with Crippen LogP contribution in [0.5, 0.6) is 0 Å². The molecular weight excluding hydrogens is 414 g/mol. The molecule has 0 fully saturated rings. The summed E-state index contributed by atoms with van der Waals surface area (Å²) in [5.74, 6) is -0.529. The van der Waals surface area contributed by atoms with Gasteiger partial charge in [0.25, 0.3) is 11.8 Å². The molecule has 0 radical (unpaired) electrons. The molecule has 0 saturated carbocycles. The van der Waals surface area contributed by atoms with E-state index in [1.54, 1.807) is 36.4 Å². The van der Waals surface area contributed by atoms with Crippen molar-refractivity contribution >= 4 is 29.1 Å². The van der Waals surface area contributed by atoms with Crippen LogP contribution in [0.2, 0.25) is 0 Å². The summed E-state index contributed by atoms with van der Waals surface area (Å²) in [4.78, 5) is 36.0. The van der Waals surface area contributed by atoms with Crippen molar-refractivity contribution in [2.75, 3.05) is 10.6 Å². The molecular formula is C27H29N3O3. The molecule has 6 heteroatoms. The van der Waals surface area contributed by atoms with Gasteiger partial charge in [-0.25, -0.2) is 0 Å². The van der Waals surface area contributed by atoms with Crippen LogP contribution in [0.25, 0.3) is 0 Å². The number of benzene rings is 3. The summed E-state index contributed by atoms with van der Waals surface area (Å²) < 4.78 is 0. The molecule has 3 aromatic carbocycles. The van der Waals surface area contributed by atoms with Crippen LogP contribution >= 0.6 is 0 Å². The first-order chi connectivity index (χ1) is 15.6. The molecule has 3 rings (SSSR count). The average Bonchev–Trinajstić information content (AvgIpc) is 2.78. The standard InChI is InChI=1S/C27H29N3O3/c1-18(31)29-23-13-15-24(16-14-23)30-26(33)21-7-5-19(6-8-21)17-28-25(32)20-9-11-22(12-10-20)27(2,3)4/h5-16H,17H2,1-4H3,(H,28,32)(H,29,31)(H,30,33). The zero-order valence-corrected chi connectivity index (χ0v) is 19.4. The van der Waals surface area contributed by atoms with Crippen LogP contribution in [0.3, 0.4) is 0 Å². The lowest BCUT2D eigenvalue weighted by molar-refractivity contribution is -0.114. The molecule has 0 saturated heterocycles. The second kappa shape index (κ2) is 10.1. The Kier molecular flexibility index (Phi) is 7.28. The molecule has 0 unspecified atom stereocenters. The van der Waals surface area contributed by atoms with Crippen LogP contribution in [0.1, 0.15) is 59.5 Å². The van der Waals surface area contributed by atoms with Gasteiger partial charge in [0, 0.05) is 36.0 Å². The lowest BCUT2D eigenvalue weighted by Crippen LogP contribution is -2.23. The number of hydrogen-bond donors (Lipinski definition) is 3. The highest BCUT2D eigenvalue weighted by molar-refractivity contribution is 6.04. The third-order valence-corrected chi connectivity index (χ3v) is 5.15. The van der Waals surface area contributed by atoms with Gasteiger partial charge in [0.1, 0.15) is 0 Å². The Labute approximate surface area is 194 Å². The van der Waals surface area contributed by atoms with Gasteiger partial charge in [-0.15, -0.1) is 0 Å². The molecule has 0 aliphatic heterocycles. The summed E-state index contributed by atoms with van der Waals surface area (Å²) in [6, 6.07) is 21.6. The van der Waals surface area contributed by atoms with Gasteiger partial charge in [-0.1, -0.05) is 45.0 Å². The molecule has 0 aliphatic rings. The topological polar surface area (TPSA) is 87.3 Å². The third-order valence-electron chi connectivity index (χ3n) is 5.15. The molecule has 0 atom stereocenters. The highest BCUT2D eigenvalue weighted by Gasteiger charge is 2.14. The molecule has 3 aromatic rings. The van der Waals surface area contributed by atoms with Crippen molar-refractivity contribution in [3.63, 3.8) is 0 Å². The largest absolute Gasteiger partial charge is 0.348 e. The number of nitrogens with one attached hydrogen (secondary N) is 3. The maximum atomic E-state index is 12.5. The number of amides is 3. The first-order valence-corrected chi connectivity index (χ1v) is 10.8. The van der Waals surface area contributed by atoms with Crippen LogP contribution in [0.4, 0.5) is 11.4 Å². The minimum Gasteiger partial charge on any atom is -0.348 e. The first-order valence-electron chi connectivity index (χ1n) is 10.8. The van der Waals surface area contributed by atoms with E-state index in [0.717, 1.165) is 5.56 Å². The Morgan fingerprint density at radius 1 is 0.667 bits per heavy atom. The van der Waals surface area contributed by atoms with Gasteiger partial charge in [0.05, 0.1) is 0 Å². The van der Waals surface area contributed by atoms with Crippen LogP contribution in [-0.2, 0) is 16.8 Å². The van der Waals surface area contributed by atoms with E-state index in [1.165, 1.54) is 12.5 Å². The zero-order valence-electron chi connectivity index (χ0n) is 19.4. The SMILES string of the molecule is CC(=O)Nc1ccc(NC(=O)c2ccc(CNC(=O)c3ccc(C(C)(C)C)cc3)cc2)cc1. The van der Waals surface area contributed by atoms with E-state index in [2.05, 4.69) is 36.7 Å². The molecule has 0 heterocycles. The van der Waals surface area contributed by atoms with Gasteiger partial charge in [-0.2, -0.15) is 0 Å². The second-order valence-corrected chi connectivity index (χ2v) is 8.92. The summed E-state index contributed by atoms with van der Waals surface area (Å²) >= 11 is 0. The summed E-state index contributed by atoms with van der Waals surface area (Å²) in [7, 11) is 0. The normalized spacial score (nSPS) is 10.9. The Morgan fingerprint density at radius 2 is 1.15 bits per heavy atom. The number of hydrogen-bond acceptors (Lipinski definition) is 3. The minimum absolute atomic E-state index is 0.0409. The zero-order chi connectivity index (χ0) is 24.0. The van der Waals surface area contributed by atoms with Crippen molar-refractivity contribution in [1.82, 2.24) is 5.32 Å². The number of rotatable bonds is 6. The Hall–Kier alpha value is -3.93. The van der Waals surface area contributed by atoms with Crippen molar-refractivity contribution in [1.29, 1.82) is 0 Å². The Morgan fingerprint density at radius 3 is 1.67 bits per heavy atom. The van der Waals surface area contributed by atoms with Gasteiger partial charge in [0.2, 0.25) is 5.91 Å². The monoisotopic (exact) mass is 443 g/mol. The Balaban J connectivity index is 1.53. The Bertz CT molecular complexity index is 1130. The molecule has 3 amide bonds. The van der Waals surface area contributed by atoms with Crippen LogP contribution in [-0.4, -0.2) is 17.7 Å². The molecule has 0 bridgehead atoms. The van der Waals surface area contributed by atoms with E-state index < -0.39 is 0 Å². The van der Waals surface area contributed by atoms with Crippen molar-refractivity contribution in [2.45, 2.75) is 39.7 Å². The van der Waals surface area contributed by atoms with E-state index in [1.807, 2.05) is 36.4 Å². The maximum Gasteiger partial charge on any atom is 0.255 e. The van der Waals surface area contributed by atoms with E-state index in [-0.39, 0.29) is 23.1 Å². The van der Waals surface area contributed by atoms with Gasteiger partial charge in [-0.3, -0.25) is 14.4 Å². The third kappa shape index (κ3) is 6.77. The number of anilines is 2. The summed E-state index contributed by atoms with van der Waals surface area (Å²) in [6.07, 6.45) is 0. The molecule has 0 spiro atoms. The lowest BCUT2D eigenvalue weighted by atomic mass is 9.87. The van der Waals surface area contributed by atoms with Crippen LogP contribution in [0.15, 0.2) is 72.8 Å². The molecule has 33 heavy (non-hydrogen) atoms. The number of carbonyl (C=O) groups excluding carboxylic acids is 3. The van der Waals surface area contributed by atoms with E-state index in [0.29, 0.717) is 29.0 Å². The average molecular weight is 444 g/mol. The van der Waals surface area contributed by atoms with Crippen LogP contribution in [0, 0.1) is 0 Å². The van der Waals surface area contributed by atoms with Gasteiger partial charge < -0.3 is 16.0 Å². The van der Waals surface area contributed by atoms with Gasteiger partial charge >= 0.3 is 0 Å². The first kappa shape index (κ1) is 23.7. The van der Waals surface area contributed by atoms with Crippen LogP contribution < -0.4 is 16.0 Å². The summed E-state index contributed by atoms with van der Waals surface area (Å²) in [5.41, 5.74) is 4.53. The highest BCUT2D eigenvalue weighted by atomic mass is 16.2. The molecule has 0 aliphatic carbocycles. The van der Waals surface area contributed by atoms with Crippen molar-refractivity contribution in [3.8, 4) is 0 Å². The molecule has 3 N–H and O–H groups in total. The lowest BCUT2D eigenvalue weighted by Gasteiger charge is -2.19. The summed E-state index contributed by atoms with van der Waals surface area (Å²) in [5, 5.41) is 8.42. The van der Waals surface area contributed by atoms with Crippen molar-refractivity contribution in [2.24, 2.45) is 0 Å². The molecule has 170 valence electrons. The molecule has 0 aromatic heterocycles. The maximum absolute atomic E-state index is 12.5. The fourth-order valence-electron chi connectivity index (χ4n) is 3.22. The van der Waals surface area contributed by atoms with E-state index >= 15 is 0 Å². The minimum atomic E-state index is -0.239. The van der Waals surface area contributed by atoms with Gasteiger partial charge in [0.15, 0.2) is 0 Å². The van der Waals surface area contributed by atoms with E-state index in [4.69, 9.17) is 0 Å². The highest BCUT2D eigenvalue weighted by Crippen LogP contribution is 2.22. The van der Waals surface area contributed by atoms with Crippen molar-refractivity contribution in [3.05, 3.63) is 95.1 Å². The fourth-order valence-corrected chi connectivity index (χ4v) is 3.22. The summed E-state index contributed by atoms with van der Waals surface area (Å²) in [6.45, 7) is 8.21. The van der Waals surface area contributed by atoms with E-state index in [9.17, 15) is 14.4 Å². The second-order valence-electron chi connectivity index (χ2n) is 8.92. The predicted octanol–water partition coefficient (Wildman–Crippen LogP) is 5.12. The smallest absolute Gasteiger partial charge is 0.255 e. The quantitative estimate of drug-likeness (QED) is 0.494. The molecule has 6 nitrogen and oxygen atoms in total.